The lowest BCUT2D eigenvalue weighted by atomic mass is 9.91. The van der Waals surface area contributed by atoms with Crippen molar-refractivity contribution in [3.8, 4) is 0 Å². The molecular formula is C22H16BrN3O3. The third kappa shape index (κ3) is 2.94. The van der Waals surface area contributed by atoms with Gasteiger partial charge in [0.25, 0.3) is 5.91 Å². The Kier molecular flexibility index (Phi) is 4.41. The summed E-state index contributed by atoms with van der Waals surface area (Å²) in [5.41, 5.74) is 2.14. The number of imide groups is 1. The van der Waals surface area contributed by atoms with E-state index in [1.165, 1.54) is 4.90 Å². The zero-order chi connectivity index (χ0) is 20.0. The molecule has 0 bridgehead atoms. The van der Waals surface area contributed by atoms with Crippen LogP contribution in [0.1, 0.15) is 11.6 Å². The van der Waals surface area contributed by atoms with Gasteiger partial charge in [-0.3, -0.25) is 19.4 Å². The van der Waals surface area contributed by atoms with Crippen LogP contribution in [0.4, 0.5) is 11.4 Å². The molecule has 5 rings (SSSR count). The Hall–Kier alpha value is -3.03. The molecule has 2 fully saturated rings. The summed E-state index contributed by atoms with van der Waals surface area (Å²) >= 11 is 3.43. The number of hydrogen-bond acceptors (Lipinski definition) is 5. The lowest BCUT2D eigenvalue weighted by molar-refractivity contribution is -0.126. The number of aromatic nitrogens is 1. The van der Waals surface area contributed by atoms with E-state index in [4.69, 9.17) is 4.84 Å². The maximum absolute atomic E-state index is 13.4. The van der Waals surface area contributed by atoms with Crippen molar-refractivity contribution in [2.45, 2.75) is 12.1 Å². The molecule has 0 radical (unpaired) electrons. The van der Waals surface area contributed by atoms with E-state index in [1.807, 2.05) is 42.5 Å². The van der Waals surface area contributed by atoms with Gasteiger partial charge >= 0.3 is 0 Å². The Labute approximate surface area is 175 Å². The predicted octanol–water partition coefficient (Wildman–Crippen LogP) is 3.90. The summed E-state index contributed by atoms with van der Waals surface area (Å²) in [5.74, 6) is -1.27. The van der Waals surface area contributed by atoms with Crippen molar-refractivity contribution >= 4 is 39.1 Å². The SMILES string of the molecule is O=C1[C@@H]2[C@H](ON(c3ccc(Br)cc3)[C@@H]2c2cccnc2)C(=O)N1c1ccccc1. The molecule has 1 aromatic heterocycles. The minimum absolute atomic E-state index is 0.264. The van der Waals surface area contributed by atoms with Crippen LogP contribution in [0, 0.1) is 5.92 Å². The van der Waals surface area contributed by atoms with Gasteiger partial charge in [-0.05, 0) is 48.0 Å². The molecule has 2 aromatic carbocycles. The number of rotatable bonds is 3. The van der Waals surface area contributed by atoms with Gasteiger partial charge in [0.15, 0.2) is 6.10 Å². The zero-order valence-electron chi connectivity index (χ0n) is 15.2. The lowest BCUT2D eigenvalue weighted by Crippen LogP contribution is -2.37. The van der Waals surface area contributed by atoms with Gasteiger partial charge in [0.2, 0.25) is 5.91 Å². The minimum atomic E-state index is -0.878. The van der Waals surface area contributed by atoms with Crippen molar-refractivity contribution in [3.63, 3.8) is 0 Å². The number of carbonyl (C=O) groups excluding carboxylic acids is 2. The molecule has 7 heteroatoms. The van der Waals surface area contributed by atoms with E-state index < -0.39 is 18.1 Å². The first-order valence-corrected chi connectivity index (χ1v) is 9.99. The lowest BCUT2D eigenvalue weighted by Gasteiger charge is -2.28. The number of para-hydroxylation sites is 1. The van der Waals surface area contributed by atoms with Crippen LogP contribution in [0.2, 0.25) is 0 Å². The van der Waals surface area contributed by atoms with Crippen molar-refractivity contribution in [2.24, 2.45) is 5.92 Å². The number of carbonyl (C=O) groups is 2. The van der Waals surface area contributed by atoms with Crippen LogP contribution in [0.25, 0.3) is 0 Å². The van der Waals surface area contributed by atoms with Crippen molar-refractivity contribution in [1.82, 2.24) is 4.98 Å². The van der Waals surface area contributed by atoms with Gasteiger partial charge in [0.1, 0.15) is 5.92 Å². The average molecular weight is 450 g/mol. The van der Waals surface area contributed by atoms with Gasteiger partial charge in [0.05, 0.1) is 17.4 Å². The number of hydrogen-bond donors (Lipinski definition) is 0. The van der Waals surface area contributed by atoms with E-state index in [1.54, 1.807) is 41.7 Å². The third-order valence-corrected chi connectivity index (χ3v) is 5.77. The molecule has 2 aliphatic rings. The molecule has 2 saturated heterocycles. The topological polar surface area (TPSA) is 62.7 Å². The predicted molar refractivity (Wildman–Crippen MR) is 111 cm³/mol. The van der Waals surface area contributed by atoms with Gasteiger partial charge < -0.3 is 0 Å². The van der Waals surface area contributed by atoms with Crippen molar-refractivity contribution in [2.75, 3.05) is 9.96 Å². The first-order valence-electron chi connectivity index (χ1n) is 9.19. The molecule has 0 N–H and O–H groups in total. The molecule has 2 amide bonds. The standard InChI is InChI=1S/C22H16BrN3O3/c23-15-8-10-17(11-9-15)26-19(14-5-4-12-24-13-14)18-20(29-26)22(28)25(21(18)27)16-6-2-1-3-7-16/h1-13,18-20H/t18-,19+,20-/m0/s1. The van der Waals surface area contributed by atoms with Gasteiger partial charge in [-0.15, -0.1) is 0 Å². The van der Waals surface area contributed by atoms with Gasteiger partial charge in [-0.25, -0.2) is 9.96 Å². The van der Waals surface area contributed by atoms with Crippen LogP contribution in [-0.4, -0.2) is 22.9 Å². The second-order valence-electron chi connectivity index (χ2n) is 6.93. The second-order valence-corrected chi connectivity index (χ2v) is 7.85. The number of hydroxylamine groups is 1. The van der Waals surface area contributed by atoms with Gasteiger partial charge in [0, 0.05) is 16.9 Å². The van der Waals surface area contributed by atoms with Gasteiger partial charge in [-0.1, -0.05) is 40.2 Å². The Morgan fingerprint density at radius 3 is 2.31 bits per heavy atom. The largest absolute Gasteiger partial charge is 0.273 e. The number of halogens is 1. The first kappa shape index (κ1) is 18.0. The highest BCUT2D eigenvalue weighted by molar-refractivity contribution is 9.10. The Morgan fingerprint density at radius 1 is 0.862 bits per heavy atom. The summed E-state index contributed by atoms with van der Waals surface area (Å²) in [7, 11) is 0. The number of benzene rings is 2. The molecule has 0 spiro atoms. The Balaban J connectivity index is 1.58. The number of nitrogens with zero attached hydrogens (tertiary/aromatic N) is 3. The summed E-state index contributed by atoms with van der Waals surface area (Å²) in [4.78, 5) is 38.1. The number of anilines is 2. The number of pyridine rings is 1. The molecule has 3 atom stereocenters. The monoisotopic (exact) mass is 449 g/mol. The highest BCUT2D eigenvalue weighted by Crippen LogP contribution is 2.47. The molecule has 0 saturated carbocycles. The number of amides is 2. The fourth-order valence-corrected chi connectivity index (χ4v) is 4.21. The molecule has 144 valence electrons. The van der Waals surface area contributed by atoms with E-state index in [0.29, 0.717) is 5.69 Å². The summed E-state index contributed by atoms with van der Waals surface area (Å²) in [6.45, 7) is 0. The van der Waals surface area contributed by atoms with E-state index >= 15 is 0 Å². The molecule has 6 nitrogen and oxygen atoms in total. The van der Waals surface area contributed by atoms with E-state index in [2.05, 4.69) is 20.9 Å². The maximum atomic E-state index is 13.4. The minimum Gasteiger partial charge on any atom is -0.273 e. The fourth-order valence-electron chi connectivity index (χ4n) is 3.95. The van der Waals surface area contributed by atoms with Crippen molar-refractivity contribution in [3.05, 3.63) is 89.2 Å². The van der Waals surface area contributed by atoms with E-state index in [-0.39, 0.29) is 11.8 Å². The van der Waals surface area contributed by atoms with Crippen LogP contribution < -0.4 is 9.96 Å². The molecule has 2 aliphatic heterocycles. The molecule has 3 heterocycles. The average Bonchev–Trinajstić information content (AvgIpc) is 3.26. The first-order chi connectivity index (χ1) is 14.1. The Morgan fingerprint density at radius 2 is 1.62 bits per heavy atom. The fraction of sp³-hybridized carbons (Fsp3) is 0.136. The molecular weight excluding hydrogens is 434 g/mol. The Bertz CT molecular complexity index is 1060. The van der Waals surface area contributed by atoms with E-state index in [9.17, 15) is 9.59 Å². The van der Waals surface area contributed by atoms with E-state index in [0.717, 1.165) is 15.7 Å². The van der Waals surface area contributed by atoms with Crippen LogP contribution in [0.15, 0.2) is 83.6 Å². The van der Waals surface area contributed by atoms with Crippen molar-refractivity contribution in [1.29, 1.82) is 0 Å². The highest BCUT2D eigenvalue weighted by Gasteiger charge is 2.60. The third-order valence-electron chi connectivity index (χ3n) is 5.24. The molecule has 29 heavy (non-hydrogen) atoms. The summed E-state index contributed by atoms with van der Waals surface area (Å²) in [6, 6.07) is 19.8. The normalized spacial score (nSPS) is 23.6. The molecule has 0 unspecified atom stereocenters. The summed E-state index contributed by atoms with van der Waals surface area (Å²) in [5, 5.41) is 1.66. The van der Waals surface area contributed by atoms with Crippen LogP contribution in [0.3, 0.4) is 0 Å². The van der Waals surface area contributed by atoms with Gasteiger partial charge in [-0.2, -0.15) is 0 Å². The maximum Gasteiger partial charge on any atom is 0.266 e. The second kappa shape index (κ2) is 7.09. The van der Waals surface area contributed by atoms with Crippen molar-refractivity contribution < 1.29 is 14.4 Å². The van der Waals surface area contributed by atoms with Crippen LogP contribution >= 0.6 is 15.9 Å². The summed E-state index contributed by atoms with van der Waals surface area (Å²) < 4.78 is 0.931. The zero-order valence-corrected chi connectivity index (χ0v) is 16.8. The van der Waals surface area contributed by atoms with Crippen LogP contribution in [-0.2, 0) is 14.4 Å². The molecule has 3 aromatic rings. The quantitative estimate of drug-likeness (QED) is 0.567. The highest BCUT2D eigenvalue weighted by atomic mass is 79.9. The summed E-state index contributed by atoms with van der Waals surface area (Å²) in [6.07, 6.45) is 2.51. The number of fused-ring (bicyclic) bond motifs is 1. The smallest absolute Gasteiger partial charge is 0.266 e. The molecule has 0 aliphatic carbocycles. The van der Waals surface area contributed by atoms with Crippen LogP contribution in [0.5, 0.6) is 0 Å².